The molecule has 6 heteroatoms. The summed E-state index contributed by atoms with van der Waals surface area (Å²) in [5.41, 5.74) is 2.91. The fraction of sp³-hybridized carbons (Fsp3) is 0.565. The maximum atomic E-state index is 12.5. The molecule has 0 saturated carbocycles. The Bertz CT molecular complexity index is 766. The van der Waals surface area contributed by atoms with Crippen molar-refractivity contribution in [1.82, 2.24) is 25.3 Å². The second-order valence-electron chi connectivity index (χ2n) is 7.91. The topological polar surface area (TPSA) is 62.2 Å². The normalized spacial score (nSPS) is 16.9. The first kappa shape index (κ1) is 21.5. The molecule has 0 bridgehead atoms. The van der Waals surface area contributed by atoms with Crippen molar-refractivity contribution in [2.75, 3.05) is 26.2 Å². The van der Waals surface area contributed by atoms with Crippen molar-refractivity contribution in [3.8, 4) is 0 Å². The van der Waals surface area contributed by atoms with Crippen LogP contribution in [-0.4, -0.2) is 46.8 Å². The Hall–Kier alpha value is -2.18. The van der Waals surface area contributed by atoms with E-state index in [9.17, 15) is 4.79 Å². The van der Waals surface area contributed by atoms with Gasteiger partial charge in [0.2, 0.25) is 0 Å². The molecule has 0 radical (unpaired) electrons. The highest BCUT2D eigenvalue weighted by Crippen LogP contribution is 2.16. The number of unbranched alkanes of at least 4 members (excludes halogenated alkanes) is 1. The number of piperidine rings is 1. The van der Waals surface area contributed by atoms with Crippen molar-refractivity contribution in [2.24, 2.45) is 0 Å². The number of hydrogen-bond donors (Lipinski definition) is 2. The molecule has 1 fully saturated rings. The molecule has 1 atom stereocenters. The summed E-state index contributed by atoms with van der Waals surface area (Å²) >= 11 is 0. The van der Waals surface area contributed by atoms with Crippen LogP contribution < -0.4 is 10.6 Å². The van der Waals surface area contributed by atoms with Crippen molar-refractivity contribution in [1.29, 1.82) is 0 Å². The number of carbonyl (C=O) groups excluding carboxylic acids is 1. The largest absolute Gasteiger partial charge is 0.347 e. The lowest BCUT2D eigenvalue weighted by atomic mass is 10.1. The van der Waals surface area contributed by atoms with E-state index in [4.69, 9.17) is 0 Å². The fourth-order valence-corrected chi connectivity index (χ4v) is 3.82. The van der Waals surface area contributed by atoms with Gasteiger partial charge in [-0.1, -0.05) is 44.5 Å². The predicted octanol–water partition coefficient (Wildman–Crippen LogP) is 3.36. The van der Waals surface area contributed by atoms with Crippen LogP contribution in [0, 0.1) is 0 Å². The van der Waals surface area contributed by atoms with Crippen LogP contribution in [0.4, 0.5) is 0 Å². The molecule has 3 rings (SSSR count). The summed E-state index contributed by atoms with van der Waals surface area (Å²) in [6.07, 6.45) is 6.62. The minimum Gasteiger partial charge on any atom is -0.347 e. The van der Waals surface area contributed by atoms with E-state index < -0.39 is 0 Å². The zero-order chi connectivity index (χ0) is 20.5. The molecule has 1 unspecified atom stereocenters. The summed E-state index contributed by atoms with van der Waals surface area (Å²) in [5, 5.41) is 10.9. The Balaban J connectivity index is 1.53. The quantitative estimate of drug-likeness (QED) is 0.645. The Labute approximate surface area is 174 Å². The molecule has 1 amide bonds. The molecule has 158 valence electrons. The average molecular weight is 398 g/mol. The Morgan fingerprint density at radius 1 is 1.31 bits per heavy atom. The highest BCUT2D eigenvalue weighted by atomic mass is 16.1. The van der Waals surface area contributed by atoms with Gasteiger partial charge in [-0.3, -0.25) is 14.4 Å². The average Bonchev–Trinajstić information content (AvgIpc) is 3.26. The summed E-state index contributed by atoms with van der Waals surface area (Å²) < 4.78 is 1.93. The number of rotatable bonds is 10. The molecule has 1 aromatic carbocycles. The van der Waals surface area contributed by atoms with E-state index in [1.807, 2.05) is 16.9 Å². The number of benzene rings is 1. The van der Waals surface area contributed by atoms with Gasteiger partial charge in [0, 0.05) is 25.8 Å². The molecule has 2 N–H and O–H groups in total. The monoisotopic (exact) mass is 397 g/mol. The van der Waals surface area contributed by atoms with Crippen LogP contribution in [0.3, 0.4) is 0 Å². The van der Waals surface area contributed by atoms with Gasteiger partial charge in [0.1, 0.15) is 5.69 Å². The van der Waals surface area contributed by atoms with Gasteiger partial charge in [-0.25, -0.2) is 0 Å². The van der Waals surface area contributed by atoms with Crippen LogP contribution in [0.2, 0.25) is 0 Å². The van der Waals surface area contributed by atoms with Gasteiger partial charge in [0.05, 0.1) is 6.04 Å². The number of hydrogen-bond acceptors (Lipinski definition) is 4. The van der Waals surface area contributed by atoms with Crippen LogP contribution in [-0.2, 0) is 13.1 Å². The molecule has 1 aromatic heterocycles. The number of amides is 1. The van der Waals surface area contributed by atoms with E-state index in [1.54, 1.807) is 0 Å². The van der Waals surface area contributed by atoms with E-state index in [2.05, 4.69) is 58.7 Å². The lowest BCUT2D eigenvalue weighted by Gasteiger charge is -2.22. The lowest BCUT2D eigenvalue weighted by Crippen LogP contribution is -2.32. The Morgan fingerprint density at radius 2 is 2.17 bits per heavy atom. The molecule has 1 aliphatic heterocycles. The highest BCUT2D eigenvalue weighted by molar-refractivity contribution is 5.92. The molecular weight excluding hydrogens is 362 g/mol. The van der Waals surface area contributed by atoms with Crippen molar-refractivity contribution in [3.63, 3.8) is 0 Å². The van der Waals surface area contributed by atoms with Crippen LogP contribution in [0.1, 0.15) is 67.2 Å². The van der Waals surface area contributed by atoms with E-state index in [0.29, 0.717) is 18.3 Å². The van der Waals surface area contributed by atoms with E-state index >= 15 is 0 Å². The summed E-state index contributed by atoms with van der Waals surface area (Å²) in [5.74, 6) is -0.115. The summed E-state index contributed by atoms with van der Waals surface area (Å²) in [6, 6.07) is 10.7. The minimum absolute atomic E-state index is 0.115. The molecule has 29 heavy (non-hydrogen) atoms. The fourth-order valence-electron chi connectivity index (χ4n) is 3.82. The van der Waals surface area contributed by atoms with E-state index in [1.165, 1.54) is 18.4 Å². The van der Waals surface area contributed by atoms with Gasteiger partial charge in [0.15, 0.2) is 0 Å². The van der Waals surface area contributed by atoms with Gasteiger partial charge in [0.25, 0.3) is 5.91 Å². The number of carbonyl (C=O) groups is 1. The first-order valence-corrected chi connectivity index (χ1v) is 11.0. The third-order valence-corrected chi connectivity index (χ3v) is 5.61. The SMILES string of the molecule is CCCCN(CC)Cc1cccc(CNC(=O)c2ccn(C3CCCNC3)n2)c1. The lowest BCUT2D eigenvalue weighted by molar-refractivity contribution is 0.0944. The third-order valence-electron chi connectivity index (χ3n) is 5.61. The minimum atomic E-state index is -0.115. The summed E-state index contributed by atoms with van der Waals surface area (Å²) in [7, 11) is 0. The van der Waals surface area contributed by atoms with E-state index in [0.717, 1.165) is 51.1 Å². The summed E-state index contributed by atoms with van der Waals surface area (Å²) in [4.78, 5) is 15.0. The zero-order valence-corrected chi connectivity index (χ0v) is 17.9. The predicted molar refractivity (Wildman–Crippen MR) is 117 cm³/mol. The Morgan fingerprint density at radius 3 is 2.93 bits per heavy atom. The van der Waals surface area contributed by atoms with Gasteiger partial charge in [-0.05, 0) is 56.1 Å². The molecule has 1 saturated heterocycles. The standard InChI is InChI=1S/C23H35N5O/c1-3-5-13-27(4-2)18-20-9-6-8-19(15-20)16-25-23(29)22-11-14-28(26-22)21-10-7-12-24-17-21/h6,8-9,11,14-15,21,24H,3-5,7,10,12-13,16-18H2,1-2H3,(H,25,29). The van der Waals surface area contributed by atoms with E-state index in [-0.39, 0.29) is 5.91 Å². The van der Waals surface area contributed by atoms with Gasteiger partial charge < -0.3 is 10.6 Å². The molecule has 0 spiro atoms. The van der Waals surface area contributed by atoms with Crippen LogP contribution in [0.25, 0.3) is 0 Å². The molecule has 2 aromatic rings. The molecule has 0 aliphatic carbocycles. The molecular formula is C23H35N5O. The summed E-state index contributed by atoms with van der Waals surface area (Å²) in [6.45, 7) is 10.1. The second-order valence-corrected chi connectivity index (χ2v) is 7.91. The van der Waals surface area contributed by atoms with Crippen molar-refractivity contribution < 1.29 is 4.79 Å². The van der Waals surface area contributed by atoms with Gasteiger partial charge in [-0.2, -0.15) is 5.10 Å². The second kappa shape index (κ2) is 11.1. The van der Waals surface area contributed by atoms with Crippen molar-refractivity contribution in [3.05, 3.63) is 53.3 Å². The third kappa shape index (κ3) is 6.41. The molecule has 2 heterocycles. The number of nitrogens with one attached hydrogen (secondary N) is 2. The first-order valence-electron chi connectivity index (χ1n) is 11.0. The molecule has 6 nitrogen and oxygen atoms in total. The van der Waals surface area contributed by atoms with Crippen molar-refractivity contribution in [2.45, 2.75) is 58.7 Å². The zero-order valence-electron chi connectivity index (χ0n) is 17.9. The highest BCUT2D eigenvalue weighted by Gasteiger charge is 2.17. The van der Waals surface area contributed by atoms with Crippen LogP contribution in [0.5, 0.6) is 0 Å². The maximum Gasteiger partial charge on any atom is 0.272 e. The van der Waals surface area contributed by atoms with Gasteiger partial charge >= 0.3 is 0 Å². The number of nitrogens with zero attached hydrogens (tertiary/aromatic N) is 3. The molecule has 1 aliphatic rings. The Kier molecular flexibility index (Phi) is 8.25. The maximum absolute atomic E-state index is 12.5. The van der Waals surface area contributed by atoms with Crippen LogP contribution in [0.15, 0.2) is 36.5 Å². The first-order chi connectivity index (χ1) is 14.2. The van der Waals surface area contributed by atoms with Gasteiger partial charge in [-0.15, -0.1) is 0 Å². The smallest absolute Gasteiger partial charge is 0.272 e. The number of aromatic nitrogens is 2. The van der Waals surface area contributed by atoms with Crippen molar-refractivity contribution >= 4 is 5.91 Å². The van der Waals surface area contributed by atoms with Crippen LogP contribution >= 0.6 is 0 Å².